The maximum atomic E-state index is 5.71. The normalized spacial score (nSPS) is 20.9. The van der Waals surface area contributed by atoms with Gasteiger partial charge in [-0.05, 0) is 37.4 Å². The van der Waals surface area contributed by atoms with Crippen LogP contribution in [0.1, 0.15) is 37.3 Å². The van der Waals surface area contributed by atoms with E-state index >= 15 is 0 Å². The van der Waals surface area contributed by atoms with Crippen LogP contribution in [0.2, 0.25) is 0 Å². The quantitative estimate of drug-likeness (QED) is 0.653. The van der Waals surface area contributed by atoms with E-state index in [1.165, 1.54) is 36.9 Å². The number of nitrogens with two attached hydrogens (primary N) is 1. The third kappa shape index (κ3) is 3.97. The highest BCUT2D eigenvalue weighted by molar-refractivity contribution is 5.77. The van der Waals surface area contributed by atoms with Crippen molar-refractivity contribution in [1.82, 2.24) is 10.2 Å². The molecule has 1 aliphatic rings. The average Bonchev–Trinajstić information content (AvgIpc) is 2.48. The molecule has 1 aromatic rings. The number of aliphatic imine (C=N–C) groups is 1. The second-order valence-electron chi connectivity index (χ2n) is 5.55. The summed E-state index contributed by atoms with van der Waals surface area (Å²) in [7, 11) is 1.70. The fourth-order valence-electron chi connectivity index (χ4n) is 2.76. The van der Waals surface area contributed by atoms with Crippen molar-refractivity contribution >= 4 is 5.96 Å². The molecule has 0 saturated carbocycles. The van der Waals surface area contributed by atoms with Gasteiger partial charge in [0, 0.05) is 26.2 Å². The van der Waals surface area contributed by atoms with E-state index in [0.29, 0.717) is 12.0 Å². The van der Waals surface area contributed by atoms with Crippen LogP contribution in [0.15, 0.2) is 29.3 Å². The van der Waals surface area contributed by atoms with E-state index in [2.05, 4.69) is 46.4 Å². The lowest BCUT2D eigenvalue weighted by molar-refractivity contribution is 0.152. The summed E-state index contributed by atoms with van der Waals surface area (Å²) < 4.78 is 0. The van der Waals surface area contributed by atoms with Crippen LogP contribution in [0.4, 0.5) is 0 Å². The Morgan fingerprint density at radius 2 is 2.10 bits per heavy atom. The second-order valence-corrected chi connectivity index (χ2v) is 5.55. The molecular weight excluding hydrogens is 248 g/mol. The molecule has 20 heavy (non-hydrogen) atoms. The lowest BCUT2D eigenvalue weighted by Gasteiger charge is -2.33. The molecule has 1 unspecified atom stereocenters. The first-order valence-corrected chi connectivity index (χ1v) is 7.47. The molecular formula is C16H26N4. The van der Waals surface area contributed by atoms with Gasteiger partial charge in [0.1, 0.15) is 0 Å². The number of hydrogen-bond donors (Lipinski definition) is 2. The first-order chi connectivity index (χ1) is 9.70. The Kier molecular flexibility index (Phi) is 5.41. The van der Waals surface area contributed by atoms with Crippen molar-refractivity contribution in [3.8, 4) is 0 Å². The van der Waals surface area contributed by atoms with E-state index in [9.17, 15) is 0 Å². The summed E-state index contributed by atoms with van der Waals surface area (Å²) in [6.45, 7) is 5.31. The van der Waals surface area contributed by atoms with Crippen molar-refractivity contribution < 1.29 is 0 Å². The van der Waals surface area contributed by atoms with E-state index in [1.54, 1.807) is 7.05 Å². The van der Waals surface area contributed by atoms with Crippen molar-refractivity contribution in [3.05, 3.63) is 35.4 Å². The molecule has 0 radical (unpaired) electrons. The van der Waals surface area contributed by atoms with Crippen LogP contribution in [0, 0.1) is 0 Å². The molecule has 0 spiro atoms. The summed E-state index contributed by atoms with van der Waals surface area (Å²) in [6, 6.07) is 9.27. The summed E-state index contributed by atoms with van der Waals surface area (Å²) in [6.07, 6.45) is 4.00. The standard InChI is InChI=1S/C16H26N4/c1-13-7-5-6-10-20(13)12-15-9-4-3-8-14(15)11-19-16(17)18-2/h3-4,8-9,13H,5-7,10-12H2,1-2H3,(H3,17,18,19). The highest BCUT2D eigenvalue weighted by atomic mass is 15.2. The van der Waals surface area contributed by atoms with Gasteiger partial charge in [0.05, 0.1) is 0 Å². The zero-order valence-electron chi connectivity index (χ0n) is 12.6. The van der Waals surface area contributed by atoms with Gasteiger partial charge in [0.15, 0.2) is 5.96 Å². The zero-order chi connectivity index (χ0) is 14.4. The third-order valence-electron chi connectivity index (χ3n) is 4.13. The molecule has 0 amide bonds. The summed E-state index contributed by atoms with van der Waals surface area (Å²) in [5, 5.41) is 3.15. The first-order valence-electron chi connectivity index (χ1n) is 7.47. The Hall–Kier alpha value is -1.55. The Bertz CT molecular complexity index is 456. The van der Waals surface area contributed by atoms with E-state index < -0.39 is 0 Å². The first kappa shape index (κ1) is 14.9. The van der Waals surface area contributed by atoms with Crippen LogP contribution in [0.5, 0.6) is 0 Å². The number of piperidine rings is 1. The molecule has 1 atom stereocenters. The van der Waals surface area contributed by atoms with Crippen LogP contribution in [-0.2, 0) is 13.1 Å². The van der Waals surface area contributed by atoms with Crippen molar-refractivity contribution in [3.63, 3.8) is 0 Å². The lowest BCUT2D eigenvalue weighted by Crippen LogP contribution is -2.37. The molecule has 4 nitrogen and oxygen atoms in total. The molecule has 3 N–H and O–H groups in total. The molecule has 0 aliphatic carbocycles. The molecule has 1 aromatic carbocycles. The minimum absolute atomic E-state index is 0.492. The van der Waals surface area contributed by atoms with Gasteiger partial charge in [-0.15, -0.1) is 0 Å². The minimum atomic E-state index is 0.492. The predicted molar refractivity (Wildman–Crippen MR) is 84.6 cm³/mol. The second kappa shape index (κ2) is 7.29. The van der Waals surface area contributed by atoms with E-state index in [4.69, 9.17) is 5.73 Å². The number of guanidine groups is 1. The summed E-state index contributed by atoms with van der Waals surface area (Å²) in [5.74, 6) is 0.492. The molecule has 1 heterocycles. The fourth-order valence-corrected chi connectivity index (χ4v) is 2.76. The highest BCUT2D eigenvalue weighted by Crippen LogP contribution is 2.20. The van der Waals surface area contributed by atoms with Crippen LogP contribution >= 0.6 is 0 Å². The Balaban J connectivity index is 2.03. The zero-order valence-corrected chi connectivity index (χ0v) is 12.6. The van der Waals surface area contributed by atoms with Gasteiger partial charge < -0.3 is 11.1 Å². The monoisotopic (exact) mass is 274 g/mol. The van der Waals surface area contributed by atoms with Gasteiger partial charge in [-0.25, -0.2) is 0 Å². The summed E-state index contributed by atoms with van der Waals surface area (Å²) >= 11 is 0. The molecule has 110 valence electrons. The average molecular weight is 274 g/mol. The number of rotatable bonds is 4. The van der Waals surface area contributed by atoms with Crippen LogP contribution in [-0.4, -0.2) is 30.5 Å². The van der Waals surface area contributed by atoms with Gasteiger partial charge >= 0.3 is 0 Å². The maximum Gasteiger partial charge on any atom is 0.188 e. The Morgan fingerprint density at radius 3 is 2.80 bits per heavy atom. The van der Waals surface area contributed by atoms with Crippen LogP contribution in [0.3, 0.4) is 0 Å². The maximum absolute atomic E-state index is 5.71. The molecule has 0 aromatic heterocycles. The number of likely N-dealkylation sites (tertiary alicyclic amines) is 1. The fraction of sp³-hybridized carbons (Fsp3) is 0.562. The number of hydrogen-bond acceptors (Lipinski definition) is 2. The van der Waals surface area contributed by atoms with Gasteiger partial charge in [-0.2, -0.15) is 0 Å². The number of nitrogens with one attached hydrogen (secondary N) is 1. The smallest absolute Gasteiger partial charge is 0.188 e. The van der Waals surface area contributed by atoms with Crippen molar-refractivity contribution in [1.29, 1.82) is 0 Å². The molecule has 1 fully saturated rings. The SMILES string of the molecule is CN=C(N)NCc1ccccc1CN1CCCCC1C. The Morgan fingerprint density at radius 1 is 1.35 bits per heavy atom. The summed E-state index contributed by atoms with van der Waals surface area (Å²) in [5.41, 5.74) is 8.40. The van der Waals surface area contributed by atoms with E-state index in [0.717, 1.165) is 13.1 Å². The topological polar surface area (TPSA) is 53.6 Å². The molecule has 1 saturated heterocycles. The Labute approximate surface area is 122 Å². The predicted octanol–water partition coefficient (Wildman–Crippen LogP) is 2.10. The largest absolute Gasteiger partial charge is 0.370 e. The number of nitrogens with zero attached hydrogens (tertiary/aromatic N) is 2. The van der Waals surface area contributed by atoms with Crippen molar-refractivity contribution in [2.24, 2.45) is 10.7 Å². The van der Waals surface area contributed by atoms with E-state index in [-0.39, 0.29) is 0 Å². The molecule has 1 aliphatic heterocycles. The van der Waals surface area contributed by atoms with Crippen molar-refractivity contribution in [2.45, 2.75) is 45.3 Å². The minimum Gasteiger partial charge on any atom is -0.370 e. The third-order valence-corrected chi connectivity index (χ3v) is 4.13. The molecule has 0 bridgehead atoms. The lowest BCUT2D eigenvalue weighted by atomic mass is 10.0. The highest BCUT2D eigenvalue weighted by Gasteiger charge is 2.18. The van der Waals surface area contributed by atoms with Gasteiger partial charge in [-0.1, -0.05) is 30.7 Å². The van der Waals surface area contributed by atoms with Crippen LogP contribution in [0.25, 0.3) is 0 Å². The molecule has 4 heteroatoms. The van der Waals surface area contributed by atoms with E-state index in [1.807, 2.05) is 0 Å². The van der Waals surface area contributed by atoms with Gasteiger partial charge in [0.25, 0.3) is 0 Å². The number of benzene rings is 1. The van der Waals surface area contributed by atoms with Crippen molar-refractivity contribution in [2.75, 3.05) is 13.6 Å². The van der Waals surface area contributed by atoms with Crippen LogP contribution < -0.4 is 11.1 Å². The van der Waals surface area contributed by atoms with Gasteiger partial charge in [0.2, 0.25) is 0 Å². The molecule has 2 rings (SSSR count). The van der Waals surface area contributed by atoms with Gasteiger partial charge in [-0.3, -0.25) is 9.89 Å². The summed E-state index contributed by atoms with van der Waals surface area (Å²) in [4.78, 5) is 6.52.